The van der Waals surface area contributed by atoms with Crippen LogP contribution in [0.15, 0.2) is 78.9 Å². The highest BCUT2D eigenvalue weighted by Crippen LogP contribution is 2.21. The van der Waals surface area contributed by atoms with Crippen LogP contribution in [0, 0.1) is 6.92 Å². The zero-order chi connectivity index (χ0) is 26.0. The predicted octanol–water partition coefficient (Wildman–Crippen LogP) is 6.12. The van der Waals surface area contributed by atoms with Crippen LogP contribution in [0.1, 0.15) is 48.8 Å². The predicted molar refractivity (Wildman–Crippen MR) is 148 cm³/mol. The maximum Gasteiger partial charge on any atom is 0.261 e. The Morgan fingerprint density at radius 2 is 1.68 bits per heavy atom. The molecule has 1 unspecified atom stereocenters. The van der Waals surface area contributed by atoms with Crippen molar-refractivity contribution in [3.05, 3.63) is 101 Å². The SMILES string of the molecule is Cc1ccc(CN(C(=O)COc2cccc(Cl)c2)C(Cc2ccccc2)C(=O)NC2CCCCC2)cc1. The smallest absolute Gasteiger partial charge is 0.261 e. The zero-order valence-electron chi connectivity index (χ0n) is 21.4. The number of benzene rings is 3. The Morgan fingerprint density at radius 3 is 2.38 bits per heavy atom. The monoisotopic (exact) mass is 518 g/mol. The van der Waals surface area contributed by atoms with Gasteiger partial charge in [-0.05, 0) is 49.1 Å². The number of carbonyl (C=O) groups is 2. The van der Waals surface area contributed by atoms with Gasteiger partial charge in [0.1, 0.15) is 11.8 Å². The van der Waals surface area contributed by atoms with E-state index < -0.39 is 6.04 Å². The Hall–Kier alpha value is -3.31. The van der Waals surface area contributed by atoms with Crippen molar-refractivity contribution >= 4 is 23.4 Å². The molecule has 194 valence electrons. The number of ether oxygens (including phenoxy) is 1. The highest BCUT2D eigenvalue weighted by molar-refractivity contribution is 6.30. The molecule has 1 aliphatic rings. The van der Waals surface area contributed by atoms with Crippen LogP contribution in [0.25, 0.3) is 0 Å². The average Bonchev–Trinajstić information content (AvgIpc) is 2.91. The van der Waals surface area contributed by atoms with Crippen molar-refractivity contribution in [3.63, 3.8) is 0 Å². The standard InChI is InChI=1S/C31H35ClN2O3/c1-23-15-17-25(18-16-23)21-34(30(35)22-37-28-14-8-11-26(32)20-28)29(19-24-9-4-2-5-10-24)31(36)33-27-12-6-3-7-13-27/h2,4-5,8-11,14-18,20,27,29H,3,6-7,12-13,19,21-22H2,1H3,(H,33,36). The van der Waals surface area contributed by atoms with Gasteiger partial charge in [0.15, 0.2) is 6.61 Å². The van der Waals surface area contributed by atoms with Gasteiger partial charge in [-0.1, -0.05) is 97.1 Å². The Balaban J connectivity index is 1.60. The first-order valence-electron chi connectivity index (χ1n) is 13.1. The minimum absolute atomic E-state index is 0.112. The van der Waals surface area contributed by atoms with Crippen LogP contribution < -0.4 is 10.1 Å². The Labute approximate surface area is 224 Å². The zero-order valence-corrected chi connectivity index (χ0v) is 22.1. The van der Waals surface area contributed by atoms with Crippen LogP contribution >= 0.6 is 11.6 Å². The molecule has 0 radical (unpaired) electrons. The number of hydrogen-bond donors (Lipinski definition) is 1. The van der Waals surface area contributed by atoms with Crippen molar-refractivity contribution in [1.82, 2.24) is 10.2 Å². The summed E-state index contributed by atoms with van der Waals surface area (Å²) in [6.07, 6.45) is 5.83. The Bertz CT molecular complexity index is 1160. The molecule has 1 aliphatic carbocycles. The van der Waals surface area contributed by atoms with E-state index in [9.17, 15) is 9.59 Å². The van der Waals surface area contributed by atoms with E-state index in [4.69, 9.17) is 16.3 Å². The lowest BCUT2D eigenvalue weighted by Crippen LogP contribution is -2.53. The molecule has 0 aliphatic heterocycles. The number of aryl methyl sites for hydroxylation is 1. The van der Waals surface area contributed by atoms with E-state index in [-0.39, 0.29) is 24.5 Å². The molecular formula is C31H35ClN2O3. The molecule has 3 aromatic carbocycles. The van der Waals surface area contributed by atoms with E-state index in [0.29, 0.717) is 23.7 Å². The van der Waals surface area contributed by atoms with Gasteiger partial charge in [0, 0.05) is 24.0 Å². The third-order valence-electron chi connectivity index (χ3n) is 6.85. The molecule has 37 heavy (non-hydrogen) atoms. The fourth-order valence-electron chi connectivity index (χ4n) is 4.77. The molecule has 3 aromatic rings. The van der Waals surface area contributed by atoms with Gasteiger partial charge in [-0.15, -0.1) is 0 Å². The molecule has 2 amide bonds. The van der Waals surface area contributed by atoms with Crippen molar-refractivity contribution in [1.29, 1.82) is 0 Å². The van der Waals surface area contributed by atoms with E-state index in [1.807, 2.05) is 61.5 Å². The van der Waals surface area contributed by atoms with Crippen molar-refractivity contribution in [2.45, 2.75) is 64.1 Å². The highest BCUT2D eigenvalue weighted by Gasteiger charge is 2.32. The highest BCUT2D eigenvalue weighted by atomic mass is 35.5. The lowest BCUT2D eigenvalue weighted by Gasteiger charge is -2.33. The summed E-state index contributed by atoms with van der Waals surface area (Å²) in [5.74, 6) is 0.154. The lowest BCUT2D eigenvalue weighted by atomic mass is 9.94. The number of nitrogens with one attached hydrogen (secondary N) is 1. The number of hydrogen-bond acceptors (Lipinski definition) is 3. The molecule has 1 saturated carbocycles. The lowest BCUT2D eigenvalue weighted by molar-refractivity contribution is -0.143. The van der Waals surface area contributed by atoms with Crippen molar-refractivity contribution < 1.29 is 14.3 Å². The second-order valence-electron chi connectivity index (χ2n) is 9.80. The maximum atomic E-state index is 13.8. The number of carbonyl (C=O) groups excluding carboxylic acids is 2. The summed E-state index contributed by atoms with van der Waals surface area (Å²) < 4.78 is 5.81. The molecule has 0 aromatic heterocycles. The van der Waals surface area contributed by atoms with E-state index in [2.05, 4.69) is 5.32 Å². The molecule has 0 spiro atoms. The van der Waals surface area contributed by atoms with Gasteiger partial charge < -0.3 is 15.0 Å². The fraction of sp³-hybridized carbons (Fsp3) is 0.355. The van der Waals surface area contributed by atoms with E-state index >= 15 is 0 Å². The van der Waals surface area contributed by atoms with Crippen LogP contribution in [0.5, 0.6) is 5.75 Å². The van der Waals surface area contributed by atoms with Gasteiger partial charge in [0.2, 0.25) is 5.91 Å². The molecule has 0 saturated heterocycles. The molecule has 1 N–H and O–H groups in total. The molecular weight excluding hydrogens is 484 g/mol. The second-order valence-corrected chi connectivity index (χ2v) is 10.2. The van der Waals surface area contributed by atoms with Gasteiger partial charge in [-0.25, -0.2) is 0 Å². The van der Waals surface area contributed by atoms with Gasteiger partial charge in [0.05, 0.1) is 0 Å². The van der Waals surface area contributed by atoms with Crippen LogP contribution in [0.4, 0.5) is 0 Å². The van der Waals surface area contributed by atoms with Crippen LogP contribution in [0.3, 0.4) is 0 Å². The van der Waals surface area contributed by atoms with Gasteiger partial charge in [-0.2, -0.15) is 0 Å². The third kappa shape index (κ3) is 8.09. The summed E-state index contributed by atoms with van der Waals surface area (Å²) >= 11 is 6.09. The normalized spacial score (nSPS) is 14.5. The minimum atomic E-state index is -0.666. The van der Waals surface area contributed by atoms with Crippen LogP contribution in [-0.4, -0.2) is 35.4 Å². The quantitative estimate of drug-likeness (QED) is 0.352. The fourth-order valence-corrected chi connectivity index (χ4v) is 4.95. The van der Waals surface area contributed by atoms with Crippen LogP contribution in [-0.2, 0) is 22.6 Å². The summed E-state index contributed by atoms with van der Waals surface area (Å²) in [7, 11) is 0. The molecule has 0 heterocycles. The Kier molecular flexibility index (Phi) is 9.61. The number of nitrogens with zero attached hydrogens (tertiary/aromatic N) is 1. The van der Waals surface area contributed by atoms with Gasteiger partial charge >= 0.3 is 0 Å². The van der Waals surface area contributed by atoms with Crippen molar-refractivity contribution in [2.75, 3.05) is 6.61 Å². The third-order valence-corrected chi connectivity index (χ3v) is 7.09. The van der Waals surface area contributed by atoms with Gasteiger partial charge in [0.25, 0.3) is 5.91 Å². The molecule has 6 heteroatoms. The topological polar surface area (TPSA) is 58.6 Å². The average molecular weight is 519 g/mol. The largest absolute Gasteiger partial charge is 0.484 e. The van der Waals surface area contributed by atoms with Crippen LogP contribution in [0.2, 0.25) is 5.02 Å². The molecule has 1 atom stereocenters. The first-order chi connectivity index (χ1) is 18.0. The molecule has 5 nitrogen and oxygen atoms in total. The summed E-state index contributed by atoms with van der Waals surface area (Å²) in [6.45, 7) is 2.16. The number of amides is 2. The van der Waals surface area contributed by atoms with E-state index in [0.717, 1.165) is 42.4 Å². The van der Waals surface area contributed by atoms with E-state index in [1.165, 1.54) is 6.42 Å². The first kappa shape index (κ1) is 26.7. The van der Waals surface area contributed by atoms with E-state index in [1.54, 1.807) is 29.2 Å². The molecule has 4 rings (SSSR count). The number of rotatable bonds is 10. The first-order valence-corrected chi connectivity index (χ1v) is 13.4. The maximum absolute atomic E-state index is 13.8. The Morgan fingerprint density at radius 1 is 0.946 bits per heavy atom. The number of halogens is 1. The molecule has 1 fully saturated rings. The summed E-state index contributed by atoms with van der Waals surface area (Å²) in [6, 6.07) is 24.4. The van der Waals surface area contributed by atoms with Gasteiger partial charge in [-0.3, -0.25) is 9.59 Å². The minimum Gasteiger partial charge on any atom is -0.484 e. The second kappa shape index (κ2) is 13.3. The summed E-state index contributed by atoms with van der Waals surface area (Å²) in [4.78, 5) is 29.1. The molecule has 0 bridgehead atoms. The van der Waals surface area contributed by atoms with Crippen molar-refractivity contribution in [3.8, 4) is 5.75 Å². The summed E-state index contributed by atoms with van der Waals surface area (Å²) in [5, 5.41) is 3.80. The van der Waals surface area contributed by atoms with Crippen molar-refractivity contribution in [2.24, 2.45) is 0 Å². The summed E-state index contributed by atoms with van der Waals surface area (Å²) in [5.41, 5.74) is 3.11.